The number of hydrogen-bond acceptors (Lipinski definition) is 6. The van der Waals surface area contributed by atoms with Crippen molar-refractivity contribution in [2.45, 2.75) is 33.3 Å². The summed E-state index contributed by atoms with van der Waals surface area (Å²) in [5, 5.41) is 5.81. The zero-order valence-corrected chi connectivity index (χ0v) is 19.3. The summed E-state index contributed by atoms with van der Waals surface area (Å²) >= 11 is 0. The molecule has 174 valence electrons. The molecule has 8 heteroatoms. The number of nitrogens with zero attached hydrogens (tertiary/aromatic N) is 1. The topological polar surface area (TPSA) is 97.0 Å². The van der Waals surface area contributed by atoms with Crippen molar-refractivity contribution < 1.29 is 23.9 Å². The summed E-state index contributed by atoms with van der Waals surface area (Å²) in [6, 6.07) is 14.0. The molecule has 8 nitrogen and oxygen atoms in total. The van der Waals surface area contributed by atoms with Gasteiger partial charge in [0.2, 0.25) is 5.91 Å². The Morgan fingerprint density at radius 2 is 1.76 bits per heavy atom. The van der Waals surface area contributed by atoms with Crippen molar-refractivity contribution >= 4 is 34.7 Å². The van der Waals surface area contributed by atoms with Crippen LogP contribution in [0.4, 0.5) is 11.4 Å². The van der Waals surface area contributed by atoms with Gasteiger partial charge in [0.15, 0.2) is 0 Å². The molecule has 0 spiro atoms. The van der Waals surface area contributed by atoms with Crippen LogP contribution < -0.4 is 15.4 Å². The molecule has 1 heterocycles. The van der Waals surface area contributed by atoms with E-state index in [0.29, 0.717) is 35.7 Å². The highest BCUT2D eigenvalue weighted by molar-refractivity contribution is 6.36. The van der Waals surface area contributed by atoms with Gasteiger partial charge >= 0.3 is 0 Å². The Balaban J connectivity index is 1.91. The molecule has 0 fully saturated rings. The SMILES string of the molecule is COc1cccc(NC2=C(c3ccc(NC(C)=O)cc3)C(=O)N(CCCOC(C)C)C2=O)c1. The third-order valence-corrected chi connectivity index (χ3v) is 4.98. The van der Waals surface area contributed by atoms with Crippen molar-refractivity contribution in [3.63, 3.8) is 0 Å². The predicted molar refractivity (Wildman–Crippen MR) is 127 cm³/mol. The maximum Gasteiger partial charge on any atom is 0.278 e. The Morgan fingerprint density at radius 1 is 1.03 bits per heavy atom. The lowest BCUT2D eigenvalue weighted by Gasteiger charge is -2.16. The molecule has 0 aromatic heterocycles. The molecule has 0 aliphatic carbocycles. The summed E-state index contributed by atoms with van der Waals surface area (Å²) < 4.78 is 10.8. The third-order valence-electron chi connectivity index (χ3n) is 4.98. The smallest absolute Gasteiger partial charge is 0.278 e. The molecule has 33 heavy (non-hydrogen) atoms. The van der Waals surface area contributed by atoms with E-state index in [4.69, 9.17) is 9.47 Å². The zero-order chi connectivity index (χ0) is 24.0. The van der Waals surface area contributed by atoms with Gasteiger partial charge in [-0.2, -0.15) is 0 Å². The number of hydrogen-bond donors (Lipinski definition) is 2. The van der Waals surface area contributed by atoms with Gasteiger partial charge in [-0.1, -0.05) is 18.2 Å². The number of carbonyl (C=O) groups is 3. The highest BCUT2D eigenvalue weighted by atomic mass is 16.5. The summed E-state index contributed by atoms with van der Waals surface area (Å²) in [6.07, 6.45) is 0.618. The normalized spacial score (nSPS) is 13.7. The van der Waals surface area contributed by atoms with E-state index in [9.17, 15) is 14.4 Å². The molecule has 2 aromatic rings. The summed E-state index contributed by atoms with van der Waals surface area (Å²) in [5.41, 5.74) is 2.29. The number of benzene rings is 2. The van der Waals surface area contributed by atoms with Crippen LogP contribution in [0.5, 0.6) is 5.75 Å². The van der Waals surface area contributed by atoms with Crippen LogP contribution in [0.2, 0.25) is 0 Å². The van der Waals surface area contributed by atoms with Crippen molar-refractivity contribution in [2.24, 2.45) is 0 Å². The molecule has 0 bridgehead atoms. The number of carbonyl (C=O) groups excluding carboxylic acids is 3. The van der Waals surface area contributed by atoms with Gasteiger partial charge in [0, 0.05) is 37.5 Å². The van der Waals surface area contributed by atoms with Crippen LogP contribution in [0, 0.1) is 0 Å². The lowest BCUT2D eigenvalue weighted by atomic mass is 10.0. The van der Waals surface area contributed by atoms with E-state index in [2.05, 4.69) is 10.6 Å². The quantitative estimate of drug-likeness (QED) is 0.423. The van der Waals surface area contributed by atoms with E-state index >= 15 is 0 Å². The van der Waals surface area contributed by atoms with Gasteiger partial charge in [0.05, 0.1) is 18.8 Å². The lowest BCUT2D eigenvalue weighted by molar-refractivity contribution is -0.137. The predicted octanol–water partition coefficient (Wildman–Crippen LogP) is 3.66. The van der Waals surface area contributed by atoms with E-state index in [1.165, 1.54) is 11.8 Å². The summed E-state index contributed by atoms with van der Waals surface area (Å²) in [5.74, 6) is -0.332. The van der Waals surface area contributed by atoms with Crippen LogP contribution in [-0.2, 0) is 19.1 Å². The van der Waals surface area contributed by atoms with Gasteiger partial charge in [0.1, 0.15) is 11.4 Å². The molecule has 0 saturated heterocycles. The summed E-state index contributed by atoms with van der Waals surface area (Å²) in [6.45, 7) is 6.00. The molecule has 0 atom stereocenters. The monoisotopic (exact) mass is 451 g/mol. The third kappa shape index (κ3) is 5.98. The van der Waals surface area contributed by atoms with Crippen LogP contribution in [0.3, 0.4) is 0 Å². The fourth-order valence-corrected chi connectivity index (χ4v) is 3.47. The molecule has 0 saturated carbocycles. The zero-order valence-electron chi connectivity index (χ0n) is 19.3. The van der Waals surface area contributed by atoms with Gasteiger partial charge < -0.3 is 20.1 Å². The first kappa shape index (κ1) is 24.0. The van der Waals surface area contributed by atoms with E-state index in [0.717, 1.165) is 0 Å². The lowest BCUT2D eigenvalue weighted by Crippen LogP contribution is -2.34. The summed E-state index contributed by atoms with van der Waals surface area (Å²) in [4.78, 5) is 39.1. The van der Waals surface area contributed by atoms with Crippen molar-refractivity contribution in [1.29, 1.82) is 0 Å². The van der Waals surface area contributed by atoms with Gasteiger partial charge in [-0.15, -0.1) is 0 Å². The number of rotatable bonds is 10. The first-order valence-electron chi connectivity index (χ1n) is 10.8. The van der Waals surface area contributed by atoms with Crippen LogP contribution in [0.25, 0.3) is 5.57 Å². The van der Waals surface area contributed by atoms with E-state index in [1.54, 1.807) is 55.6 Å². The van der Waals surface area contributed by atoms with Gasteiger partial charge in [-0.3, -0.25) is 19.3 Å². The minimum Gasteiger partial charge on any atom is -0.497 e. The Kier molecular flexibility index (Phi) is 7.84. The summed E-state index contributed by atoms with van der Waals surface area (Å²) in [7, 11) is 1.56. The number of amides is 3. The van der Waals surface area contributed by atoms with Crippen molar-refractivity contribution in [1.82, 2.24) is 4.90 Å². The van der Waals surface area contributed by atoms with Gasteiger partial charge in [-0.25, -0.2) is 0 Å². The first-order chi connectivity index (χ1) is 15.8. The van der Waals surface area contributed by atoms with E-state index in [-0.39, 0.29) is 35.7 Å². The number of ether oxygens (including phenoxy) is 2. The second kappa shape index (κ2) is 10.8. The van der Waals surface area contributed by atoms with Crippen LogP contribution in [0.1, 0.15) is 32.8 Å². The Bertz CT molecular complexity index is 1060. The number of imide groups is 1. The molecule has 0 radical (unpaired) electrons. The highest BCUT2D eigenvalue weighted by Gasteiger charge is 2.38. The fraction of sp³-hybridized carbons (Fsp3) is 0.320. The molecule has 1 aliphatic rings. The average molecular weight is 452 g/mol. The van der Waals surface area contributed by atoms with Crippen LogP contribution in [-0.4, -0.2) is 49.0 Å². The van der Waals surface area contributed by atoms with Crippen molar-refractivity contribution in [2.75, 3.05) is 30.9 Å². The molecular formula is C25H29N3O5. The molecule has 1 aliphatic heterocycles. The Hall–Kier alpha value is -3.65. The van der Waals surface area contributed by atoms with Crippen LogP contribution in [0.15, 0.2) is 54.2 Å². The second-order valence-electron chi connectivity index (χ2n) is 7.90. The standard InChI is InChI=1S/C25H29N3O5/c1-16(2)33-14-6-13-28-24(30)22(18-9-11-19(12-10-18)26-17(3)29)23(25(28)31)27-20-7-5-8-21(15-20)32-4/h5,7-12,15-16,27H,6,13-14H2,1-4H3,(H,26,29). The maximum atomic E-state index is 13.3. The molecule has 2 aromatic carbocycles. The van der Waals surface area contributed by atoms with Gasteiger partial charge in [0.25, 0.3) is 11.8 Å². The minimum atomic E-state index is -0.395. The van der Waals surface area contributed by atoms with Crippen molar-refractivity contribution in [3.8, 4) is 5.75 Å². The fourth-order valence-electron chi connectivity index (χ4n) is 3.47. The average Bonchev–Trinajstić information content (AvgIpc) is 3.01. The first-order valence-corrected chi connectivity index (χ1v) is 10.8. The Morgan fingerprint density at radius 3 is 2.39 bits per heavy atom. The molecule has 3 amide bonds. The number of nitrogens with one attached hydrogen (secondary N) is 2. The molecular weight excluding hydrogens is 422 g/mol. The van der Waals surface area contributed by atoms with E-state index < -0.39 is 5.91 Å². The molecule has 3 rings (SSSR count). The highest BCUT2D eigenvalue weighted by Crippen LogP contribution is 2.32. The Labute approximate surface area is 193 Å². The number of methoxy groups -OCH3 is 1. The van der Waals surface area contributed by atoms with Crippen LogP contribution >= 0.6 is 0 Å². The second-order valence-corrected chi connectivity index (χ2v) is 7.90. The largest absolute Gasteiger partial charge is 0.497 e. The maximum absolute atomic E-state index is 13.3. The van der Waals surface area contributed by atoms with Gasteiger partial charge in [-0.05, 0) is 50.1 Å². The number of anilines is 2. The van der Waals surface area contributed by atoms with E-state index in [1.807, 2.05) is 13.8 Å². The molecule has 0 unspecified atom stereocenters. The van der Waals surface area contributed by atoms with Crippen molar-refractivity contribution in [3.05, 3.63) is 59.8 Å². The minimum absolute atomic E-state index is 0.0797. The molecule has 2 N–H and O–H groups in total.